The van der Waals surface area contributed by atoms with Gasteiger partial charge < -0.3 is 25.7 Å². The van der Waals surface area contributed by atoms with Gasteiger partial charge in [-0.2, -0.15) is 0 Å². The molecule has 8 nitrogen and oxygen atoms in total. The number of benzene rings is 1. The zero-order chi connectivity index (χ0) is 16.8. The van der Waals surface area contributed by atoms with Crippen molar-refractivity contribution in [1.29, 1.82) is 0 Å². The summed E-state index contributed by atoms with van der Waals surface area (Å²) in [6.45, 7) is 2.33. The van der Waals surface area contributed by atoms with Crippen LogP contribution in [0.15, 0.2) is 36.5 Å². The molecule has 1 unspecified atom stereocenters. The minimum absolute atomic E-state index is 0. The first-order chi connectivity index (χ1) is 11.0. The number of carbonyl (C=O) groups excluding carboxylic acids is 1. The molecule has 1 atom stereocenters. The number of aryl methyl sites for hydroxylation is 2. The average Bonchev–Trinajstić information content (AvgIpc) is 2.92. The van der Waals surface area contributed by atoms with Gasteiger partial charge in [-0.15, -0.1) is 12.4 Å². The van der Waals surface area contributed by atoms with E-state index in [4.69, 9.17) is 5.73 Å². The van der Waals surface area contributed by atoms with Crippen molar-refractivity contribution in [3.05, 3.63) is 58.0 Å². The van der Waals surface area contributed by atoms with Crippen molar-refractivity contribution < 1.29 is 9.72 Å². The SMILES string of the molecule is Cc1nc([N+](=O)[O-])cn1CCC(=O)NCC(N)c1ccccc1.Cl. The molecule has 0 aliphatic heterocycles. The lowest BCUT2D eigenvalue weighted by atomic mass is 10.1. The van der Waals surface area contributed by atoms with Crippen LogP contribution in [-0.2, 0) is 11.3 Å². The molecule has 1 heterocycles. The number of nitrogens with zero attached hydrogens (tertiary/aromatic N) is 3. The fraction of sp³-hybridized carbons (Fsp3) is 0.333. The smallest absolute Gasteiger partial charge is 0.358 e. The minimum Gasteiger partial charge on any atom is -0.358 e. The Balaban J connectivity index is 0.00000288. The van der Waals surface area contributed by atoms with Gasteiger partial charge in [0, 0.05) is 32.5 Å². The molecule has 0 radical (unpaired) electrons. The topological polar surface area (TPSA) is 116 Å². The molecule has 0 bridgehead atoms. The summed E-state index contributed by atoms with van der Waals surface area (Å²) in [5.41, 5.74) is 6.96. The van der Waals surface area contributed by atoms with Gasteiger partial charge in [0.1, 0.15) is 6.20 Å². The third-order valence-corrected chi connectivity index (χ3v) is 3.48. The highest BCUT2D eigenvalue weighted by atomic mass is 35.5. The van der Waals surface area contributed by atoms with Crippen LogP contribution in [-0.4, -0.2) is 26.9 Å². The normalized spacial score (nSPS) is 11.4. The molecule has 0 spiro atoms. The Labute approximate surface area is 145 Å². The van der Waals surface area contributed by atoms with Crippen LogP contribution >= 0.6 is 12.4 Å². The third kappa shape index (κ3) is 5.32. The molecule has 130 valence electrons. The van der Waals surface area contributed by atoms with Gasteiger partial charge >= 0.3 is 5.82 Å². The first kappa shape index (κ1) is 19.6. The molecular formula is C15H20ClN5O3. The van der Waals surface area contributed by atoms with Gasteiger partial charge in [0.15, 0.2) is 0 Å². The molecule has 3 N–H and O–H groups in total. The number of imidazole rings is 1. The fourth-order valence-electron chi connectivity index (χ4n) is 2.16. The van der Waals surface area contributed by atoms with Gasteiger partial charge in [-0.1, -0.05) is 30.3 Å². The molecule has 9 heteroatoms. The van der Waals surface area contributed by atoms with Crippen molar-refractivity contribution in [3.63, 3.8) is 0 Å². The first-order valence-corrected chi connectivity index (χ1v) is 7.22. The van der Waals surface area contributed by atoms with Crippen molar-refractivity contribution in [2.45, 2.75) is 25.9 Å². The highest BCUT2D eigenvalue weighted by Crippen LogP contribution is 2.11. The Bertz CT molecular complexity index is 690. The number of rotatable bonds is 7. The van der Waals surface area contributed by atoms with Gasteiger partial charge in [0.25, 0.3) is 0 Å². The Hall–Kier alpha value is -2.45. The Morgan fingerprint density at radius 2 is 2.08 bits per heavy atom. The van der Waals surface area contributed by atoms with E-state index in [1.54, 1.807) is 11.5 Å². The summed E-state index contributed by atoms with van der Waals surface area (Å²) in [5, 5.41) is 13.4. The van der Waals surface area contributed by atoms with Gasteiger partial charge in [-0.25, -0.2) is 0 Å². The van der Waals surface area contributed by atoms with Crippen LogP contribution in [0.2, 0.25) is 0 Å². The van der Waals surface area contributed by atoms with E-state index in [-0.39, 0.29) is 36.6 Å². The maximum Gasteiger partial charge on any atom is 0.381 e. The number of nitro groups is 1. The second-order valence-electron chi connectivity index (χ2n) is 5.17. The summed E-state index contributed by atoms with van der Waals surface area (Å²) < 4.78 is 1.59. The summed E-state index contributed by atoms with van der Waals surface area (Å²) >= 11 is 0. The summed E-state index contributed by atoms with van der Waals surface area (Å²) in [6, 6.07) is 9.24. The van der Waals surface area contributed by atoms with Crippen molar-refractivity contribution >= 4 is 24.1 Å². The van der Waals surface area contributed by atoms with Gasteiger partial charge in [-0.3, -0.25) is 4.79 Å². The number of nitrogens with two attached hydrogens (primary N) is 1. The molecule has 1 amide bonds. The zero-order valence-corrected chi connectivity index (χ0v) is 14.0. The Kier molecular flexibility index (Phi) is 7.34. The number of hydrogen-bond acceptors (Lipinski definition) is 5. The van der Waals surface area contributed by atoms with Crippen molar-refractivity contribution in [1.82, 2.24) is 14.9 Å². The lowest BCUT2D eigenvalue weighted by Crippen LogP contribution is -2.32. The Morgan fingerprint density at radius 1 is 1.42 bits per heavy atom. The predicted octanol–water partition coefficient (Wildman–Crippen LogP) is 1.73. The van der Waals surface area contributed by atoms with E-state index < -0.39 is 4.92 Å². The molecule has 1 aromatic heterocycles. The maximum atomic E-state index is 11.9. The van der Waals surface area contributed by atoms with Gasteiger partial charge in [-0.05, 0) is 15.5 Å². The van der Waals surface area contributed by atoms with Crippen LogP contribution in [0.5, 0.6) is 0 Å². The minimum atomic E-state index is -0.553. The maximum absolute atomic E-state index is 11.9. The van der Waals surface area contributed by atoms with Crippen LogP contribution in [0.1, 0.15) is 23.9 Å². The molecule has 0 fully saturated rings. The van der Waals surface area contributed by atoms with Crippen LogP contribution in [0.3, 0.4) is 0 Å². The predicted molar refractivity (Wildman–Crippen MR) is 91.9 cm³/mol. The molecule has 2 rings (SSSR count). The van der Waals surface area contributed by atoms with Crippen LogP contribution in [0.4, 0.5) is 5.82 Å². The second kappa shape index (κ2) is 8.99. The monoisotopic (exact) mass is 353 g/mol. The first-order valence-electron chi connectivity index (χ1n) is 7.22. The number of amides is 1. The third-order valence-electron chi connectivity index (χ3n) is 3.48. The number of nitrogens with one attached hydrogen (secondary N) is 1. The molecule has 2 aromatic rings. The lowest BCUT2D eigenvalue weighted by molar-refractivity contribution is -0.389. The second-order valence-corrected chi connectivity index (χ2v) is 5.17. The van der Waals surface area contributed by atoms with Crippen molar-refractivity contribution in [2.75, 3.05) is 6.54 Å². The standard InChI is InChI=1S/C15H19N5O3.ClH/c1-11-18-14(20(22)23)10-19(11)8-7-15(21)17-9-13(16)12-5-3-2-4-6-12;/h2-6,10,13H,7-9,16H2,1H3,(H,17,21);1H. The van der Waals surface area contributed by atoms with E-state index in [2.05, 4.69) is 10.3 Å². The molecule has 24 heavy (non-hydrogen) atoms. The number of halogens is 1. The number of hydrogen-bond donors (Lipinski definition) is 2. The highest BCUT2D eigenvalue weighted by molar-refractivity contribution is 5.85. The Morgan fingerprint density at radius 3 is 2.67 bits per heavy atom. The summed E-state index contributed by atoms with van der Waals surface area (Å²) in [4.78, 5) is 25.8. The fourth-order valence-corrected chi connectivity index (χ4v) is 2.16. The van der Waals surface area contributed by atoms with Crippen LogP contribution < -0.4 is 11.1 Å². The van der Waals surface area contributed by atoms with E-state index in [1.165, 1.54) is 6.20 Å². The molecule has 1 aromatic carbocycles. The zero-order valence-electron chi connectivity index (χ0n) is 13.2. The van der Waals surface area contributed by atoms with Crippen molar-refractivity contribution in [2.24, 2.45) is 5.73 Å². The quantitative estimate of drug-likeness (QED) is 0.580. The average molecular weight is 354 g/mol. The summed E-state index contributed by atoms with van der Waals surface area (Å²) in [6.07, 6.45) is 1.54. The summed E-state index contributed by atoms with van der Waals surface area (Å²) in [7, 11) is 0. The molecule has 0 saturated carbocycles. The van der Waals surface area contributed by atoms with E-state index in [0.29, 0.717) is 18.9 Å². The lowest BCUT2D eigenvalue weighted by Gasteiger charge is -2.13. The largest absolute Gasteiger partial charge is 0.381 e. The van der Waals surface area contributed by atoms with E-state index in [1.807, 2.05) is 30.3 Å². The highest BCUT2D eigenvalue weighted by Gasteiger charge is 2.15. The van der Waals surface area contributed by atoms with Crippen molar-refractivity contribution in [3.8, 4) is 0 Å². The molecule has 0 aliphatic rings. The van der Waals surface area contributed by atoms with Gasteiger partial charge in [0.2, 0.25) is 11.7 Å². The van der Waals surface area contributed by atoms with Crippen LogP contribution in [0, 0.1) is 17.0 Å². The van der Waals surface area contributed by atoms with Crippen LogP contribution in [0.25, 0.3) is 0 Å². The number of aromatic nitrogens is 2. The molecule has 0 aliphatic carbocycles. The molecule has 0 saturated heterocycles. The van der Waals surface area contributed by atoms with E-state index in [0.717, 1.165) is 5.56 Å². The van der Waals surface area contributed by atoms with E-state index >= 15 is 0 Å². The molecular weight excluding hydrogens is 334 g/mol. The van der Waals surface area contributed by atoms with E-state index in [9.17, 15) is 14.9 Å². The van der Waals surface area contributed by atoms with Gasteiger partial charge in [0.05, 0.1) is 0 Å². The summed E-state index contributed by atoms with van der Waals surface area (Å²) in [5.74, 6) is 0.131. The number of carbonyl (C=O) groups is 1.